The highest BCUT2D eigenvalue weighted by Crippen LogP contribution is 2.38. The Kier molecular flexibility index (Phi) is 6.67. The van der Waals surface area contributed by atoms with E-state index in [-0.39, 0.29) is 44.7 Å². The lowest BCUT2D eigenvalue weighted by atomic mass is 9.88. The Bertz CT molecular complexity index is 3860. The number of para-hydroxylation sites is 3. The number of pyridine rings is 1. The van der Waals surface area contributed by atoms with Gasteiger partial charge in [0.05, 0.1) is 70.4 Å². The molecule has 0 saturated heterocycles. The van der Waals surface area contributed by atoms with E-state index in [0.29, 0.717) is 33.9 Å². The molecule has 0 aliphatic heterocycles. The maximum Gasteiger partial charge on any atom is 0.269 e. The maximum atomic E-state index is 10.4. The van der Waals surface area contributed by atoms with E-state index in [1.165, 1.54) is 6.07 Å². The van der Waals surface area contributed by atoms with Crippen LogP contribution in [0.25, 0.3) is 72.3 Å². The van der Waals surface area contributed by atoms with Crippen LogP contribution in [0.5, 0.6) is 11.5 Å². The van der Waals surface area contributed by atoms with E-state index in [9.17, 15) is 10.5 Å². The molecular formula is C54H38N6O. The van der Waals surface area contributed by atoms with Crippen LogP contribution in [-0.2, 0) is 5.41 Å². The molecule has 0 bridgehead atoms. The third-order valence-electron chi connectivity index (χ3n) is 10.6. The number of fused-ring (bicyclic) bond motifs is 4. The van der Waals surface area contributed by atoms with Crippen LogP contribution in [-0.4, -0.2) is 14.1 Å². The second-order valence-electron chi connectivity index (χ2n) is 15.4. The van der Waals surface area contributed by atoms with Crippen molar-refractivity contribution in [3.63, 3.8) is 0 Å². The number of hydrogen-bond acceptors (Lipinski definition) is 4. The summed E-state index contributed by atoms with van der Waals surface area (Å²) < 4.78 is 98.8. The van der Waals surface area contributed by atoms with Crippen LogP contribution in [0.4, 0.5) is 0 Å². The number of benzene rings is 7. The van der Waals surface area contributed by atoms with Gasteiger partial charge in [-0.1, -0.05) is 124 Å². The molecule has 290 valence electrons. The zero-order chi connectivity index (χ0) is 50.4. The van der Waals surface area contributed by atoms with Gasteiger partial charge in [0, 0.05) is 23.0 Å². The Morgan fingerprint density at radius 3 is 2.08 bits per heavy atom. The average Bonchev–Trinajstić information content (AvgIpc) is 3.91. The summed E-state index contributed by atoms with van der Waals surface area (Å²) in [5.41, 5.74) is 4.63. The quantitative estimate of drug-likeness (QED) is 0.119. The Hall–Kier alpha value is -8.26. The van der Waals surface area contributed by atoms with Gasteiger partial charge in [-0.15, -0.1) is 0 Å². The maximum absolute atomic E-state index is 10.4. The van der Waals surface area contributed by atoms with Crippen molar-refractivity contribution < 1.29 is 23.0 Å². The summed E-state index contributed by atoms with van der Waals surface area (Å²) in [4.78, 5) is 4.78. The summed E-state index contributed by atoms with van der Waals surface area (Å²) in [5.74, 6) is 1.40. The zero-order valence-electron chi connectivity index (χ0n) is 43.1. The first kappa shape index (κ1) is 27.4. The molecule has 0 N–H and O–H groups in total. The van der Waals surface area contributed by atoms with Crippen molar-refractivity contribution in [2.24, 2.45) is 0 Å². The first-order valence-corrected chi connectivity index (χ1v) is 19.3. The summed E-state index contributed by atoms with van der Waals surface area (Å²) in [6.45, 7) is 6.39. The molecule has 0 saturated carbocycles. The molecule has 3 aromatic heterocycles. The smallest absolute Gasteiger partial charge is 0.269 e. The molecule has 10 aromatic rings. The predicted molar refractivity (Wildman–Crippen MR) is 241 cm³/mol. The van der Waals surface area contributed by atoms with E-state index >= 15 is 0 Å². The van der Waals surface area contributed by atoms with Crippen molar-refractivity contribution in [3.05, 3.63) is 199 Å². The molecule has 0 spiro atoms. The Labute approximate surface area is 367 Å². The highest BCUT2D eigenvalue weighted by atomic mass is 16.5. The lowest BCUT2D eigenvalue weighted by Gasteiger charge is -2.20. The number of aromatic nitrogens is 4. The lowest BCUT2D eigenvalue weighted by Crippen LogP contribution is -2.31. The fourth-order valence-electron chi connectivity index (χ4n) is 7.73. The molecule has 61 heavy (non-hydrogen) atoms. The second kappa shape index (κ2) is 14.8. The first-order chi connectivity index (χ1) is 33.9. The molecule has 0 unspecified atom stereocenters. The van der Waals surface area contributed by atoms with Crippen LogP contribution in [0.1, 0.15) is 51.2 Å². The minimum Gasteiger partial charge on any atom is -0.458 e. The molecule has 10 rings (SSSR count). The third-order valence-corrected chi connectivity index (χ3v) is 10.6. The predicted octanol–water partition coefficient (Wildman–Crippen LogP) is 12.4. The molecule has 0 fully saturated rings. The van der Waals surface area contributed by atoms with Crippen molar-refractivity contribution >= 4 is 32.8 Å². The van der Waals surface area contributed by atoms with E-state index in [1.54, 1.807) is 76.0 Å². The summed E-state index contributed by atoms with van der Waals surface area (Å²) in [6, 6.07) is 30.8. The SMILES string of the molecule is [2H]c1c([2H])c([2H])c(-c2cccc(-c3c([2H])c([2H])c([2H])c([2H])c3[2H])c2-[n+]2[c-]n(-c3cc(C#N)cc(Oc4ccc5c6cc(C#N)ccc6n(-c6cc(C(C)(C)C)ccn6)c5c4)c3)c3ccccc32)c([2H])c1[2H]. The molecule has 3 heterocycles. The van der Waals surface area contributed by atoms with Crippen LogP contribution in [0.3, 0.4) is 0 Å². The topological polar surface area (TPSA) is 83.4 Å². The highest BCUT2D eigenvalue weighted by molar-refractivity contribution is 6.10. The van der Waals surface area contributed by atoms with Gasteiger partial charge in [0.1, 0.15) is 17.3 Å². The highest BCUT2D eigenvalue weighted by Gasteiger charge is 2.22. The standard InChI is InChI=1S/C54H38N6O/c1-54(2,3)40-25-26-57-52(30-40)60-48-24-21-36(33-55)29-47(48)46-23-22-42(32-51(46)60)61-43-28-37(34-56)27-41(31-43)58-35-59(50-20-11-10-19-49(50)58)53-44(38-13-6-4-7-14-38)17-12-18-45(53)39-15-8-5-9-16-39/h4-32H,1-3H3/i4D,5D,6D,7D,8D,9D,13D,14D,15D,16D. The molecule has 0 atom stereocenters. The zero-order valence-corrected chi connectivity index (χ0v) is 33.1. The Morgan fingerprint density at radius 2 is 1.38 bits per heavy atom. The second-order valence-corrected chi connectivity index (χ2v) is 15.4. The molecule has 0 radical (unpaired) electrons. The van der Waals surface area contributed by atoms with Gasteiger partial charge < -0.3 is 4.74 Å². The van der Waals surface area contributed by atoms with Crippen LogP contribution in [0, 0.1) is 29.0 Å². The van der Waals surface area contributed by atoms with Crippen molar-refractivity contribution in [3.8, 4) is 63.1 Å². The Balaban J connectivity index is 1.18. The fourth-order valence-corrected chi connectivity index (χ4v) is 7.73. The third kappa shape index (κ3) is 6.65. The van der Waals surface area contributed by atoms with Gasteiger partial charge in [-0.25, -0.2) is 4.98 Å². The van der Waals surface area contributed by atoms with Crippen molar-refractivity contribution in [1.29, 1.82) is 10.5 Å². The number of rotatable bonds is 7. The van der Waals surface area contributed by atoms with Crippen LogP contribution in [0.15, 0.2) is 176 Å². The van der Waals surface area contributed by atoms with Gasteiger partial charge in [0.2, 0.25) is 0 Å². The summed E-state index contributed by atoms with van der Waals surface area (Å²) >= 11 is 0. The fraction of sp³-hybridized carbons (Fsp3) is 0.0741. The molecule has 7 aromatic carbocycles. The molecule has 7 nitrogen and oxygen atoms in total. The largest absolute Gasteiger partial charge is 0.458 e. The molecule has 0 aliphatic rings. The number of nitriles is 2. The van der Waals surface area contributed by atoms with E-state index in [1.807, 2.05) is 47.0 Å². The van der Waals surface area contributed by atoms with E-state index in [2.05, 4.69) is 39.2 Å². The summed E-state index contributed by atoms with van der Waals surface area (Å²) in [6.07, 6.45) is 5.14. The van der Waals surface area contributed by atoms with E-state index < -0.39 is 60.4 Å². The summed E-state index contributed by atoms with van der Waals surface area (Å²) in [7, 11) is 0. The number of hydrogen-bond donors (Lipinski definition) is 0. The van der Waals surface area contributed by atoms with Gasteiger partial charge in [0.25, 0.3) is 6.33 Å². The Morgan fingerprint density at radius 1 is 0.656 bits per heavy atom. The molecule has 0 aliphatic carbocycles. The van der Waals surface area contributed by atoms with Crippen LogP contribution >= 0.6 is 0 Å². The van der Waals surface area contributed by atoms with E-state index in [0.717, 1.165) is 27.4 Å². The van der Waals surface area contributed by atoms with Crippen LogP contribution < -0.4 is 9.30 Å². The van der Waals surface area contributed by atoms with Gasteiger partial charge in [-0.3, -0.25) is 13.7 Å². The molecule has 7 heteroatoms. The van der Waals surface area contributed by atoms with Gasteiger partial charge in [-0.05, 0) is 93.9 Å². The molecular weight excluding hydrogens is 749 g/mol. The van der Waals surface area contributed by atoms with Crippen LogP contribution in [0.2, 0.25) is 0 Å². The van der Waals surface area contributed by atoms with Gasteiger partial charge >= 0.3 is 0 Å². The normalized spacial score (nSPS) is 13.8. The first-order valence-electron chi connectivity index (χ1n) is 24.3. The average molecular weight is 797 g/mol. The van der Waals surface area contributed by atoms with Crippen molar-refractivity contribution in [2.45, 2.75) is 26.2 Å². The van der Waals surface area contributed by atoms with Gasteiger partial charge in [-0.2, -0.15) is 10.5 Å². The number of nitrogens with zero attached hydrogens (tertiary/aromatic N) is 6. The van der Waals surface area contributed by atoms with Gasteiger partial charge in [0.15, 0.2) is 0 Å². The number of ether oxygens (including phenoxy) is 1. The molecule has 0 amide bonds. The lowest BCUT2D eigenvalue weighted by molar-refractivity contribution is -0.571. The minimum atomic E-state index is -0.599. The number of imidazole rings is 1. The van der Waals surface area contributed by atoms with Crippen molar-refractivity contribution in [1.82, 2.24) is 14.1 Å². The monoisotopic (exact) mass is 796 g/mol. The minimum absolute atomic E-state index is 0.0993. The van der Waals surface area contributed by atoms with E-state index in [4.69, 9.17) is 23.4 Å². The summed E-state index contributed by atoms with van der Waals surface area (Å²) in [5, 5.41) is 22.0. The van der Waals surface area contributed by atoms with Crippen molar-refractivity contribution in [2.75, 3.05) is 0 Å².